The second kappa shape index (κ2) is 8.52. The summed E-state index contributed by atoms with van der Waals surface area (Å²) in [6, 6.07) is 6.53. The lowest BCUT2D eigenvalue weighted by molar-refractivity contribution is -0.119. The van der Waals surface area contributed by atoms with Gasteiger partial charge in [-0.2, -0.15) is 0 Å². The summed E-state index contributed by atoms with van der Waals surface area (Å²) >= 11 is 0. The molecule has 0 bridgehead atoms. The molecule has 0 radical (unpaired) electrons. The number of ether oxygens (including phenoxy) is 1. The van der Waals surface area contributed by atoms with Gasteiger partial charge in [0.15, 0.2) is 0 Å². The first-order valence-electron chi connectivity index (χ1n) is 9.80. The summed E-state index contributed by atoms with van der Waals surface area (Å²) in [4.78, 5) is 37.1. The van der Waals surface area contributed by atoms with Crippen LogP contribution in [0.4, 0.5) is 26.5 Å². The number of hydrogen-bond donors (Lipinski definition) is 1. The molecule has 0 aliphatic carbocycles. The van der Waals surface area contributed by atoms with Gasteiger partial charge in [0.2, 0.25) is 11.9 Å². The van der Waals surface area contributed by atoms with E-state index in [1.165, 1.54) is 17.9 Å². The molecule has 9 nitrogen and oxygen atoms in total. The Morgan fingerprint density at radius 1 is 1.20 bits per heavy atom. The maximum absolute atomic E-state index is 14.9. The summed E-state index contributed by atoms with van der Waals surface area (Å²) in [5, 5.41) is 2.62. The van der Waals surface area contributed by atoms with Crippen molar-refractivity contribution < 1.29 is 18.7 Å². The average Bonchev–Trinajstić information content (AvgIpc) is 3.13. The van der Waals surface area contributed by atoms with E-state index in [-0.39, 0.29) is 19.0 Å². The molecule has 2 aliphatic rings. The van der Waals surface area contributed by atoms with E-state index < -0.39 is 18.0 Å². The fraction of sp³-hybridized carbons (Fsp3) is 0.400. The SMILES string of the molecule is CC(=O)NCC1CN(c2ccc(N3CCN(c4ncccn4)CC3)c(F)c2)C(=O)O1. The van der Waals surface area contributed by atoms with Crippen LogP contribution in [0.15, 0.2) is 36.7 Å². The van der Waals surface area contributed by atoms with Crippen molar-refractivity contribution >= 4 is 29.3 Å². The Kier molecular flexibility index (Phi) is 5.64. The van der Waals surface area contributed by atoms with Crippen LogP contribution in [0.5, 0.6) is 0 Å². The minimum Gasteiger partial charge on any atom is -0.442 e. The molecule has 1 atom stereocenters. The van der Waals surface area contributed by atoms with Gasteiger partial charge in [0.1, 0.15) is 11.9 Å². The molecule has 1 aromatic heterocycles. The number of carbonyl (C=O) groups is 2. The summed E-state index contributed by atoms with van der Waals surface area (Å²) in [5.74, 6) is 0.0863. The fourth-order valence-electron chi connectivity index (χ4n) is 3.62. The predicted molar refractivity (Wildman–Crippen MR) is 109 cm³/mol. The lowest BCUT2D eigenvalue weighted by atomic mass is 10.2. The zero-order valence-electron chi connectivity index (χ0n) is 16.6. The first kappa shape index (κ1) is 19.9. The molecule has 30 heavy (non-hydrogen) atoms. The van der Waals surface area contributed by atoms with Crippen molar-refractivity contribution in [1.82, 2.24) is 15.3 Å². The van der Waals surface area contributed by atoms with Crippen molar-refractivity contribution in [2.75, 3.05) is 54.0 Å². The van der Waals surface area contributed by atoms with E-state index in [9.17, 15) is 14.0 Å². The Morgan fingerprint density at radius 2 is 1.90 bits per heavy atom. The monoisotopic (exact) mass is 414 g/mol. The summed E-state index contributed by atoms with van der Waals surface area (Å²) in [7, 11) is 0. The maximum atomic E-state index is 14.9. The molecule has 1 aromatic carbocycles. The molecule has 2 aromatic rings. The Balaban J connectivity index is 1.39. The van der Waals surface area contributed by atoms with Gasteiger partial charge in [0.05, 0.1) is 24.5 Å². The molecule has 0 saturated carbocycles. The van der Waals surface area contributed by atoms with Crippen LogP contribution < -0.4 is 20.0 Å². The van der Waals surface area contributed by atoms with Gasteiger partial charge < -0.3 is 19.9 Å². The Hall–Kier alpha value is -3.43. The van der Waals surface area contributed by atoms with Crippen LogP contribution in [0.2, 0.25) is 0 Å². The zero-order valence-corrected chi connectivity index (χ0v) is 16.6. The third-order valence-electron chi connectivity index (χ3n) is 5.15. The van der Waals surface area contributed by atoms with Crippen molar-refractivity contribution in [2.45, 2.75) is 13.0 Å². The zero-order chi connectivity index (χ0) is 21.1. The first-order valence-corrected chi connectivity index (χ1v) is 9.80. The number of carbonyl (C=O) groups excluding carboxylic acids is 2. The van der Waals surface area contributed by atoms with Crippen LogP contribution in [-0.2, 0) is 9.53 Å². The van der Waals surface area contributed by atoms with Crippen LogP contribution in [0.25, 0.3) is 0 Å². The summed E-state index contributed by atoms with van der Waals surface area (Å²) < 4.78 is 20.1. The molecule has 1 unspecified atom stereocenters. The highest BCUT2D eigenvalue weighted by Crippen LogP contribution is 2.28. The van der Waals surface area contributed by atoms with Crippen molar-refractivity contribution in [1.29, 1.82) is 0 Å². The largest absolute Gasteiger partial charge is 0.442 e. The number of piperazine rings is 1. The number of hydrogen-bond acceptors (Lipinski definition) is 7. The number of nitrogens with one attached hydrogen (secondary N) is 1. The highest BCUT2D eigenvalue weighted by atomic mass is 19.1. The average molecular weight is 414 g/mol. The van der Waals surface area contributed by atoms with E-state index in [0.717, 1.165) is 0 Å². The van der Waals surface area contributed by atoms with E-state index in [1.54, 1.807) is 30.6 Å². The van der Waals surface area contributed by atoms with E-state index in [2.05, 4.69) is 20.2 Å². The molecule has 0 spiro atoms. The van der Waals surface area contributed by atoms with E-state index in [1.807, 2.05) is 4.90 Å². The summed E-state index contributed by atoms with van der Waals surface area (Å²) in [5.41, 5.74) is 0.928. The second-order valence-corrected chi connectivity index (χ2v) is 7.21. The van der Waals surface area contributed by atoms with Gasteiger partial charge in [-0.15, -0.1) is 0 Å². The quantitative estimate of drug-likeness (QED) is 0.791. The number of cyclic esters (lactones) is 1. The summed E-state index contributed by atoms with van der Waals surface area (Å²) in [6.45, 7) is 4.54. The van der Waals surface area contributed by atoms with Gasteiger partial charge >= 0.3 is 6.09 Å². The van der Waals surface area contributed by atoms with Gasteiger partial charge in [0.25, 0.3) is 0 Å². The van der Waals surface area contributed by atoms with Gasteiger partial charge in [-0.25, -0.2) is 19.2 Å². The van der Waals surface area contributed by atoms with Crippen molar-refractivity contribution in [3.63, 3.8) is 0 Å². The second-order valence-electron chi connectivity index (χ2n) is 7.21. The normalized spacial score (nSPS) is 19.1. The Bertz CT molecular complexity index is 920. The third kappa shape index (κ3) is 4.27. The fourth-order valence-corrected chi connectivity index (χ4v) is 3.62. The number of amides is 2. The minimum atomic E-state index is -0.547. The smallest absolute Gasteiger partial charge is 0.414 e. The van der Waals surface area contributed by atoms with E-state index in [4.69, 9.17) is 4.74 Å². The van der Waals surface area contributed by atoms with Crippen molar-refractivity contribution in [3.8, 4) is 0 Å². The van der Waals surface area contributed by atoms with Crippen molar-refractivity contribution in [2.24, 2.45) is 0 Å². The number of rotatable bonds is 5. The Labute approximate surface area is 173 Å². The van der Waals surface area contributed by atoms with Gasteiger partial charge in [0, 0.05) is 45.5 Å². The number of halogens is 1. The maximum Gasteiger partial charge on any atom is 0.414 e. The van der Waals surface area contributed by atoms with E-state index >= 15 is 0 Å². The lowest BCUT2D eigenvalue weighted by Crippen LogP contribution is -2.47. The summed E-state index contributed by atoms with van der Waals surface area (Å²) in [6.07, 6.45) is 2.40. The van der Waals surface area contributed by atoms with Gasteiger partial charge in [-0.05, 0) is 24.3 Å². The molecular weight excluding hydrogens is 391 g/mol. The van der Waals surface area contributed by atoms with E-state index in [0.29, 0.717) is 43.5 Å². The van der Waals surface area contributed by atoms with Gasteiger partial charge in [-0.1, -0.05) is 0 Å². The molecule has 4 rings (SSSR count). The molecule has 2 saturated heterocycles. The van der Waals surface area contributed by atoms with Crippen LogP contribution in [0.1, 0.15) is 6.92 Å². The number of nitrogens with zero attached hydrogens (tertiary/aromatic N) is 5. The lowest BCUT2D eigenvalue weighted by Gasteiger charge is -2.36. The molecule has 158 valence electrons. The predicted octanol–water partition coefficient (Wildman–Crippen LogP) is 1.40. The molecular formula is C20H23FN6O3. The minimum absolute atomic E-state index is 0.196. The van der Waals surface area contributed by atoms with Crippen molar-refractivity contribution in [3.05, 3.63) is 42.5 Å². The van der Waals surface area contributed by atoms with Gasteiger partial charge in [-0.3, -0.25) is 9.69 Å². The molecule has 1 N–H and O–H groups in total. The number of aromatic nitrogens is 2. The number of anilines is 3. The van der Waals surface area contributed by atoms with Crippen LogP contribution in [-0.4, -0.2) is 67.3 Å². The highest BCUT2D eigenvalue weighted by molar-refractivity contribution is 5.90. The first-order chi connectivity index (χ1) is 14.5. The molecule has 2 amide bonds. The van der Waals surface area contributed by atoms with Crippen LogP contribution in [0, 0.1) is 5.82 Å². The topological polar surface area (TPSA) is 90.9 Å². The molecule has 3 heterocycles. The van der Waals surface area contributed by atoms with Crippen LogP contribution in [0.3, 0.4) is 0 Å². The molecule has 2 fully saturated rings. The third-order valence-corrected chi connectivity index (χ3v) is 5.15. The highest BCUT2D eigenvalue weighted by Gasteiger charge is 2.33. The Morgan fingerprint density at radius 3 is 2.57 bits per heavy atom. The standard InChI is InChI=1S/C20H23FN6O3/c1-14(28)24-12-16-13-27(20(29)30-16)15-3-4-18(17(21)11-15)25-7-9-26(10-8-25)19-22-5-2-6-23-19/h2-6,11,16H,7-10,12-13H2,1H3,(H,24,28). The molecule has 10 heteroatoms. The number of benzene rings is 1. The molecule has 2 aliphatic heterocycles. The van der Waals surface area contributed by atoms with Crippen LogP contribution >= 0.6 is 0 Å².